The molecule has 0 bridgehead atoms. The van der Waals surface area contributed by atoms with Crippen LogP contribution in [0.4, 0.5) is 19.0 Å². The van der Waals surface area contributed by atoms with E-state index in [1.54, 1.807) is 42.2 Å². The van der Waals surface area contributed by atoms with Crippen molar-refractivity contribution in [3.8, 4) is 0 Å². The summed E-state index contributed by atoms with van der Waals surface area (Å²) in [5.41, 5.74) is 0.445. The Morgan fingerprint density at radius 1 is 1.30 bits per heavy atom. The highest BCUT2D eigenvalue weighted by molar-refractivity contribution is 6.03. The van der Waals surface area contributed by atoms with Crippen LogP contribution >= 0.6 is 0 Å². The second kappa shape index (κ2) is 8.08. The number of aromatic nitrogens is 3. The number of piperidine rings is 1. The molecular weight excluding hydrogens is 359 g/mol. The number of nitrogens with zero attached hydrogens (tertiary/aromatic N) is 4. The van der Waals surface area contributed by atoms with E-state index in [1.807, 2.05) is 4.90 Å². The Morgan fingerprint density at radius 3 is 2.67 bits per heavy atom. The number of halogens is 3. The summed E-state index contributed by atoms with van der Waals surface area (Å²) < 4.78 is 39.5. The van der Waals surface area contributed by atoms with Crippen molar-refractivity contribution in [2.45, 2.75) is 44.4 Å². The first-order valence-electron chi connectivity index (χ1n) is 8.89. The van der Waals surface area contributed by atoms with E-state index in [1.165, 1.54) is 6.20 Å². The van der Waals surface area contributed by atoms with E-state index in [0.717, 1.165) is 0 Å². The number of hydrogen-bond acceptors (Lipinski definition) is 4. The molecule has 146 valence electrons. The smallest absolute Gasteiger partial charge is 0.307 e. The lowest BCUT2D eigenvalue weighted by atomic mass is 10.0. The number of carbonyl (C=O) groups excluding carboxylic acids is 1. The predicted octanol–water partition coefficient (Wildman–Crippen LogP) is 3.51. The quantitative estimate of drug-likeness (QED) is 0.861. The Balaban J connectivity index is 1.60. The highest BCUT2D eigenvalue weighted by Gasteiger charge is 2.34. The summed E-state index contributed by atoms with van der Waals surface area (Å²) in [7, 11) is 0. The minimum absolute atomic E-state index is 0.0403. The Bertz CT molecular complexity index is 754. The van der Waals surface area contributed by atoms with E-state index >= 15 is 0 Å². The maximum Gasteiger partial charge on any atom is 0.390 e. The molecule has 0 aromatic carbocycles. The molecule has 1 amide bonds. The zero-order valence-electron chi connectivity index (χ0n) is 15.0. The molecule has 0 saturated carbocycles. The van der Waals surface area contributed by atoms with Crippen LogP contribution in [-0.2, 0) is 0 Å². The van der Waals surface area contributed by atoms with Gasteiger partial charge in [0.15, 0.2) is 0 Å². The predicted molar refractivity (Wildman–Crippen MR) is 94.4 cm³/mol. The van der Waals surface area contributed by atoms with Crippen LogP contribution in [0.25, 0.3) is 0 Å². The fourth-order valence-corrected chi connectivity index (χ4v) is 3.43. The molecule has 1 fully saturated rings. The molecule has 2 aromatic heterocycles. The van der Waals surface area contributed by atoms with Gasteiger partial charge in [0, 0.05) is 37.6 Å². The summed E-state index contributed by atoms with van der Waals surface area (Å²) >= 11 is 0. The summed E-state index contributed by atoms with van der Waals surface area (Å²) in [5, 5.41) is 7.13. The van der Waals surface area contributed by atoms with Gasteiger partial charge in [-0.2, -0.15) is 18.3 Å². The van der Waals surface area contributed by atoms with Gasteiger partial charge in [-0.3, -0.25) is 9.78 Å². The topological polar surface area (TPSA) is 63.1 Å². The van der Waals surface area contributed by atoms with E-state index in [-0.39, 0.29) is 11.9 Å². The van der Waals surface area contributed by atoms with Gasteiger partial charge >= 0.3 is 6.18 Å². The second-order valence-electron chi connectivity index (χ2n) is 6.79. The van der Waals surface area contributed by atoms with Crippen molar-refractivity contribution in [1.29, 1.82) is 0 Å². The summed E-state index contributed by atoms with van der Waals surface area (Å²) in [6.45, 7) is 2.75. The monoisotopic (exact) mass is 381 g/mol. The maximum absolute atomic E-state index is 12.6. The van der Waals surface area contributed by atoms with Crippen molar-refractivity contribution in [2.75, 3.05) is 18.4 Å². The third kappa shape index (κ3) is 5.06. The van der Waals surface area contributed by atoms with Gasteiger partial charge < -0.3 is 10.2 Å². The number of hydrogen-bond donors (Lipinski definition) is 1. The Morgan fingerprint density at radius 2 is 2.04 bits per heavy atom. The van der Waals surface area contributed by atoms with Gasteiger partial charge in [-0.05, 0) is 31.9 Å². The van der Waals surface area contributed by atoms with Crippen LogP contribution in [0, 0.1) is 0 Å². The first kappa shape index (κ1) is 19.3. The standard InChI is InChI=1S/C18H22F3N5O/c1-13(11-18(19,20)21)25-9-5-15(6-10-25)26-16(4-8-23-26)24-17(27)14-3-2-7-22-12-14/h2-4,7-8,12-13,15H,5-6,9-11H2,1H3,(H,24,27). The van der Waals surface area contributed by atoms with E-state index < -0.39 is 18.6 Å². The number of amides is 1. The molecular formula is C18H22F3N5O. The number of pyridine rings is 1. The van der Waals surface area contributed by atoms with E-state index in [2.05, 4.69) is 15.4 Å². The van der Waals surface area contributed by atoms with Gasteiger partial charge in [-0.15, -0.1) is 0 Å². The normalized spacial score (nSPS) is 17.6. The number of alkyl halides is 3. The van der Waals surface area contributed by atoms with E-state index in [4.69, 9.17) is 0 Å². The van der Waals surface area contributed by atoms with Gasteiger partial charge in [-0.25, -0.2) is 4.68 Å². The van der Waals surface area contributed by atoms with Crippen LogP contribution in [0.1, 0.15) is 42.6 Å². The van der Waals surface area contributed by atoms with Gasteiger partial charge in [0.25, 0.3) is 5.91 Å². The average Bonchev–Trinajstić information content (AvgIpc) is 3.09. The van der Waals surface area contributed by atoms with Crippen LogP contribution < -0.4 is 5.32 Å². The third-order valence-corrected chi connectivity index (χ3v) is 4.83. The Labute approximate surface area is 155 Å². The second-order valence-corrected chi connectivity index (χ2v) is 6.79. The number of anilines is 1. The van der Waals surface area contributed by atoms with Crippen molar-refractivity contribution in [2.24, 2.45) is 0 Å². The van der Waals surface area contributed by atoms with Crippen LogP contribution in [-0.4, -0.2) is 50.9 Å². The van der Waals surface area contributed by atoms with Gasteiger partial charge in [0.05, 0.1) is 24.2 Å². The number of carbonyl (C=O) groups is 1. The van der Waals surface area contributed by atoms with Gasteiger partial charge in [0.2, 0.25) is 0 Å². The maximum atomic E-state index is 12.6. The number of rotatable bonds is 5. The molecule has 1 saturated heterocycles. The average molecular weight is 381 g/mol. The molecule has 3 rings (SSSR count). The lowest BCUT2D eigenvalue weighted by Crippen LogP contribution is -2.42. The molecule has 0 spiro atoms. The molecule has 9 heteroatoms. The largest absolute Gasteiger partial charge is 0.390 e. The zero-order chi connectivity index (χ0) is 19.4. The summed E-state index contributed by atoms with van der Waals surface area (Å²) in [4.78, 5) is 18.1. The Hall–Kier alpha value is -2.42. The van der Waals surface area contributed by atoms with Crippen LogP contribution in [0.5, 0.6) is 0 Å². The van der Waals surface area contributed by atoms with Crippen molar-refractivity contribution in [3.05, 3.63) is 42.4 Å². The van der Waals surface area contributed by atoms with Crippen LogP contribution in [0.3, 0.4) is 0 Å². The lowest BCUT2D eigenvalue weighted by Gasteiger charge is -2.36. The van der Waals surface area contributed by atoms with Gasteiger partial charge in [0.1, 0.15) is 5.82 Å². The molecule has 6 nitrogen and oxygen atoms in total. The molecule has 1 atom stereocenters. The highest BCUT2D eigenvalue weighted by atomic mass is 19.4. The molecule has 1 aliphatic heterocycles. The molecule has 3 heterocycles. The summed E-state index contributed by atoms with van der Waals surface area (Å²) in [6.07, 6.45) is 1.09. The van der Waals surface area contributed by atoms with Gasteiger partial charge in [-0.1, -0.05) is 0 Å². The molecule has 1 aliphatic rings. The highest BCUT2D eigenvalue weighted by Crippen LogP contribution is 2.29. The van der Waals surface area contributed by atoms with Crippen LogP contribution in [0.2, 0.25) is 0 Å². The fraction of sp³-hybridized carbons (Fsp3) is 0.500. The summed E-state index contributed by atoms with van der Waals surface area (Å²) in [5.74, 6) is 0.298. The van der Waals surface area contributed by atoms with E-state index in [0.29, 0.717) is 37.3 Å². The molecule has 2 aromatic rings. The molecule has 1 unspecified atom stereocenters. The minimum Gasteiger partial charge on any atom is -0.307 e. The number of nitrogens with one attached hydrogen (secondary N) is 1. The molecule has 1 N–H and O–H groups in total. The number of likely N-dealkylation sites (tertiary alicyclic amines) is 1. The van der Waals surface area contributed by atoms with Crippen molar-refractivity contribution in [1.82, 2.24) is 19.7 Å². The molecule has 0 aliphatic carbocycles. The Kier molecular flexibility index (Phi) is 5.79. The van der Waals surface area contributed by atoms with Crippen molar-refractivity contribution < 1.29 is 18.0 Å². The first-order chi connectivity index (χ1) is 12.8. The molecule has 0 radical (unpaired) electrons. The van der Waals surface area contributed by atoms with Crippen LogP contribution in [0.15, 0.2) is 36.8 Å². The third-order valence-electron chi connectivity index (χ3n) is 4.83. The SMILES string of the molecule is CC(CC(F)(F)F)N1CCC(n2nccc2NC(=O)c2cccnc2)CC1. The van der Waals surface area contributed by atoms with Crippen molar-refractivity contribution >= 4 is 11.7 Å². The van der Waals surface area contributed by atoms with Crippen molar-refractivity contribution in [3.63, 3.8) is 0 Å². The minimum atomic E-state index is -4.15. The first-order valence-corrected chi connectivity index (χ1v) is 8.89. The van der Waals surface area contributed by atoms with E-state index in [9.17, 15) is 18.0 Å². The lowest BCUT2D eigenvalue weighted by molar-refractivity contribution is -0.147. The molecule has 27 heavy (non-hydrogen) atoms. The fourth-order valence-electron chi connectivity index (χ4n) is 3.43. The summed E-state index contributed by atoms with van der Waals surface area (Å²) in [6, 6.07) is 4.58. The zero-order valence-corrected chi connectivity index (χ0v) is 15.0.